The van der Waals surface area contributed by atoms with Gasteiger partial charge in [0.1, 0.15) is 17.6 Å². The fourth-order valence-electron chi connectivity index (χ4n) is 4.03. The van der Waals surface area contributed by atoms with Gasteiger partial charge in [0.05, 0.1) is 42.2 Å². The molecule has 8 nitrogen and oxygen atoms in total. The van der Waals surface area contributed by atoms with Crippen molar-refractivity contribution in [1.29, 1.82) is 10.5 Å². The SMILES string of the molecule is CCOC(=O)C12CC(C)(C)OC1C(C#N)=C(C#N)C=C2NC(=Nc1ccccc1)OC. The summed E-state index contributed by atoms with van der Waals surface area (Å²) in [6, 6.07) is 13.4. The molecule has 31 heavy (non-hydrogen) atoms. The second-order valence-electron chi connectivity index (χ2n) is 7.82. The van der Waals surface area contributed by atoms with Crippen LogP contribution < -0.4 is 5.32 Å². The van der Waals surface area contributed by atoms with Crippen LogP contribution in [0, 0.1) is 28.1 Å². The summed E-state index contributed by atoms with van der Waals surface area (Å²) in [5, 5.41) is 22.5. The summed E-state index contributed by atoms with van der Waals surface area (Å²) in [6.45, 7) is 5.54. The summed E-state index contributed by atoms with van der Waals surface area (Å²) in [5.41, 5.74) is -0.889. The van der Waals surface area contributed by atoms with Crippen LogP contribution in [0.5, 0.6) is 0 Å². The first-order chi connectivity index (χ1) is 14.8. The fraction of sp³-hybridized carbons (Fsp3) is 0.391. The summed E-state index contributed by atoms with van der Waals surface area (Å²) < 4.78 is 16.9. The summed E-state index contributed by atoms with van der Waals surface area (Å²) in [4.78, 5) is 17.7. The predicted octanol–water partition coefficient (Wildman–Crippen LogP) is 3.27. The zero-order chi connectivity index (χ0) is 22.6. The topological polar surface area (TPSA) is 117 Å². The molecular formula is C23H24N4O4. The first kappa shape index (κ1) is 22.1. The number of carbonyl (C=O) groups excluding carboxylic acids is 1. The summed E-state index contributed by atoms with van der Waals surface area (Å²) in [7, 11) is 1.45. The number of aliphatic imine (C=N–C) groups is 1. The normalized spacial score (nSPS) is 24.4. The van der Waals surface area contributed by atoms with Gasteiger partial charge in [0.2, 0.25) is 0 Å². The van der Waals surface area contributed by atoms with E-state index in [-0.39, 0.29) is 30.2 Å². The van der Waals surface area contributed by atoms with E-state index in [2.05, 4.69) is 16.4 Å². The molecule has 3 rings (SSSR count). The van der Waals surface area contributed by atoms with Gasteiger partial charge in [-0.25, -0.2) is 0 Å². The molecule has 0 radical (unpaired) electrons. The van der Waals surface area contributed by atoms with Gasteiger partial charge in [-0.2, -0.15) is 15.5 Å². The number of hydrogen-bond acceptors (Lipinski definition) is 7. The minimum atomic E-state index is -1.35. The summed E-state index contributed by atoms with van der Waals surface area (Å²) in [5.74, 6) is -0.538. The summed E-state index contributed by atoms with van der Waals surface area (Å²) >= 11 is 0. The Labute approximate surface area is 181 Å². The number of fused-ring (bicyclic) bond motifs is 1. The Morgan fingerprint density at radius 3 is 2.58 bits per heavy atom. The number of nitrogens with zero attached hydrogens (tertiary/aromatic N) is 3. The van der Waals surface area contributed by atoms with Crippen molar-refractivity contribution in [2.75, 3.05) is 13.7 Å². The molecule has 1 saturated heterocycles. The lowest BCUT2D eigenvalue weighted by molar-refractivity contribution is -0.155. The lowest BCUT2D eigenvalue weighted by atomic mass is 9.69. The molecule has 0 amide bonds. The number of hydrogen-bond donors (Lipinski definition) is 1. The quantitative estimate of drug-likeness (QED) is 0.451. The third kappa shape index (κ3) is 4.03. The molecular weight excluding hydrogens is 396 g/mol. The molecule has 0 spiro atoms. The maximum absolute atomic E-state index is 13.3. The van der Waals surface area contributed by atoms with E-state index in [9.17, 15) is 15.3 Å². The van der Waals surface area contributed by atoms with Gasteiger partial charge in [0.15, 0.2) is 0 Å². The van der Waals surface area contributed by atoms with E-state index in [0.717, 1.165) is 0 Å². The van der Waals surface area contributed by atoms with Crippen LogP contribution in [0.1, 0.15) is 27.2 Å². The smallest absolute Gasteiger partial charge is 0.321 e. The molecule has 0 bridgehead atoms. The van der Waals surface area contributed by atoms with E-state index in [1.807, 2.05) is 38.1 Å². The number of esters is 1. The van der Waals surface area contributed by atoms with Crippen LogP contribution in [-0.4, -0.2) is 37.4 Å². The number of benzene rings is 1. The molecule has 160 valence electrons. The van der Waals surface area contributed by atoms with Crippen molar-refractivity contribution in [2.24, 2.45) is 10.4 Å². The second kappa shape index (κ2) is 8.63. The van der Waals surface area contributed by atoms with Gasteiger partial charge in [0, 0.05) is 12.1 Å². The Kier molecular flexibility index (Phi) is 6.14. The largest absolute Gasteiger partial charge is 0.468 e. The molecule has 1 aliphatic heterocycles. The van der Waals surface area contributed by atoms with Crippen molar-refractivity contribution >= 4 is 17.7 Å². The van der Waals surface area contributed by atoms with Crippen LogP contribution in [0.3, 0.4) is 0 Å². The molecule has 2 atom stereocenters. The van der Waals surface area contributed by atoms with Crippen LogP contribution in [0.15, 0.2) is 58.2 Å². The van der Waals surface area contributed by atoms with Crippen molar-refractivity contribution in [3.8, 4) is 12.1 Å². The number of nitrogens with one attached hydrogen (secondary N) is 1. The molecule has 1 aromatic rings. The van der Waals surface area contributed by atoms with E-state index in [0.29, 0.717) is 11.4 Å². The molecule has 1 aromatic carbocycles. The highest BCUT2D eigenvalue weighted by atomic mass is 16.6. The Bertz CT molecular complexity index is 1040. The average Bonchev–Trinajstić information content (AvgIpc) is 3.06. The number of nitriles is 2. The number of allylic oxidation sites excluding steroid dienone is 2. The van der Waals surface area contributed by atoms with Crippen LogP contribution in [0.4, 0.5) is 5.69 Å². The Morgan fingerprint density at radius 2 is 2.00 bits per heavy atom. The zero-order valence-electron chi connectivity index (χ0n) is 17.9. The number of carbonyl (C=O) groups is 1. The Morgan fingerprint density at radius 1 is 1.29 bits per heavy atom. The fourth-order valence-corrected chi connectivity index (χ4v) is 4.03. The lowest BCUT2D eigenvalue weighted by Gasteiger charge is -2.36. The molecule has 2 unspecified atom stereocenters. The van der Waals surface area contributed by atoms with Gasteiger partial charge in [0.25, 0.3) is 6.02 Å². The van der Waals surface area contributed by atoms with E-state index in [4.69, 9.17) is 14.2 Å². The standard InChI is InChI=1S/C23H24N4O4/c1-5-30-20(28)23-14-22(2,3)31-19(23)17(13-25)15(12-24)11-18(23)27-21(29-4)26-16-9-7-6-8-10-16/h6-11,19H,5,14H2,1-4H3,(H,26,27). The van der Waals surface area contributed by atoms with Crippen LogP contribution >= 0.6 is 0 Å². The molecule has 2 aliphatic rings. The van der Waals surface area contributed by atoms with E-state index in [1.54, 1.807) is 19.1 Å². The molecule has 0 aromatic heterocycles. The van der Waals surface area contributed by atoms with Gasteiger partial charge in [-0.05, 0) is 39.0 Å². The Hall–Kier alpha value is -3.62. The third-order valence-corrected chi connectivity index (χ3v) is 5.21. The Balaban J connectivity index is 2.16. The van der Waals surface area contributed by atoms with Crippen molar-refractivity contribution in [3.05, 3.63) is 53.3 Å². The molecule has 8 heteroatoms. The number of amidine groups is 1. The molecule has 1 fully saturated rings. The molecule has 1 heterocycles. The zero-order valence-corrected chi connectivity index (χ0v) is 17.9. The molecule has 0 saturated carbocycles. The van der Waals surface area contributed by atoms with Gasteiger partial charge >= 0.3 is 5.97 Å². The minimum Gasteiger partial charge on any atom is -0.468 e. The first-order valence-electron chi connectivity index (χ1n) is 9.87. The van der Waals surface area contributed by atoms with Gasteiger partial charge in [-0.3, -0.25) is 4.79 Å². The van der Waals surface area contributed by atoms with E-state index < -0.39 is 23.1 Å². The summed E-state index contributed by atoms with van der Waals surface area (Å²) in [6.07, 6.45) is 0.758. The number of methoxy groups -OCH3 is 1. The second-order valence-corrected chi connectivity index (χ2v) is 7.82. The van der Waals surface area contributed by atoms with E-state index in [1.165, 1.54) is 13.2 Å². The monoisotopic (exact) mass is 420 g/mol. The first-order valence-corrected chi connectivity index (χ1v) is 9.87. The van der Waals surface area contributed by atoms with Crippen molar-refractivity contribution in [2.45, 2.75) is 38.9 Å². The van der Waals surface area contributed by atoms with Crippen LogP contribution in [0.2, 0.25) is 0 Å². The lowest BCUT2D eigenvalue weighted by Crippen LogP contribution is -2.50. The predicted molar refractivity (Wildman–Crippen MR) is 113 cm³/mol. The third-order valence-electron chi connectivity index (χ3n) is 5.21. The minimum absolute atomic E-state index is 0.102. The average molecular weight is 420 g/mol. The highest BCUT2D eigenvalue weighted by Crippen LogP contribution is 2.54. The number of para-hydroxylation sites is 1. The number of rotatable bonds is 4. The molecule has 1 aliphatic carbocycles. The molecule has 1 N–H and O–H groups in total. The van der Waals surface area contributed by atoms with Crippen molar-refractivity contribution in [3.63, 3.8) is 0 Å². The van der Waals surface area contributed by atoms with Gasteiger partial charge < -0.3 is 19.5 Å². The maximum Gasteiger partial charge on any atom is 0.321 e. The highest BCUT2D eigenvalue weighted by molar-refractivity contribution is 5.88. The van der Waals surface area contributed by atoms with E-state index >= 15 is 0 Å². The van der Waals surface area contributed by atoms with Crippen molar-refractivity contribution in [1.82, 2.24) is 5.32 Å². The van der Waals surface area contributed by atoms with Crippen LogP contribution in [0.25, 0.3) is 0 Å². The highest BCUT2D eigenvalue weighted by Gasteiger charge is 2.63. The van der Waals surface area contributed by atoms with Gasteiger partial charge in [-0.15, -0.1) is 0 Å². The number of ether oxygens (including phenoxy) is 3. The van der Waals surface area contributed by atoms with Crippen molar-refractivity contribution < 1.29 is 19.0 Å². The van der Waals surface area contributed by atoms with Crippen LogP contribution in [-0.2, 0) is 19.0 Å². The van der Waals surface area contributed by atoms with Gasteiger partial charge in [-0.1, -0.05) is 18.2 Å². The maximum atomic E-state index is 13.3.